The van der Waals surface area contributed by atoms with Crippen LogP contribution in [-0.2, 0) is 4.74 Å². The van der Waals surface area contributed by atoms with Gasteiger partial charge in [-0.15, -0.1) is 0 Å². The van der Waals surface area contributed by atoms with Crippen molar-refractivity contribution in [2.45, 2.75) is 31.9 Å². The summed E-state index contributed by atoms with van der Waals surface area (Å²) in [6.45, 7) is 3.26. The molecule has 1 saturated heterocycles. The number of carbonyl (C=O) groups excluding carboxylic acids is 2. The molecule has 28 heavy (non-hydrogen) atoms. The molecule has 6 nitrogen and oxygen atoms in total. The number of anilines is 1. The summed E-state index contributed by atoms with van der Waals surface area (Å²) in [5, 5.41) is 5.84. The van der Waals surface area contributed by atoms with E-state index < -0.39 is 0 Å². The second-order valence-corrected chi connectivity index (χ2v) is 7.05. The lowest BCUT2D eigenvalue weighted by molar-refractivity contribution is 0.102. The van der Waals surface area contributed by atoms with Crippen LogP contribution < -0.4 is 10.6 Å². The Kier molecular flexibility index (Phi) is 6.66. The van der Waals surface area contributed by atoms with Gasteiger partial charge in [-0.2, -0.15) is 0 Å². The number of carbonyl (C=O) groups is 2. The van der Waals surface area contributed by atoms with E-state index in [1.807, 2.05) is 49.4 Å². The van der Waals surface area contributed by atoms with Gasteiger partial charge in [0.25, 0.3) is 5.91 Å². The van der Waals surface area contributed by atoms with Crippen molar-refractivity contribution >= 4 is 17.6 Å². The Morgan fingerprint density at radius 1 is 1.18 bits per heavy atom. The summed E-state index contributed by atoms with van der Waals surface area (Å²) in [5.74, 6) is -0.159. The molecule has 3 rings (SSSR count). The Morgan fingerprint density at radius 3 is 2.68 bits per heavy atom. The number of urea groups is 1. The average Bonchev–Trinajstić information content (AvgIpc) is 3.25. The fraction of sp³-hybridized carbons (Fsp3) is 0.364. The predicted octanol–water partition coefficient (Wildman–Crippen LogP) is 3.82. The normalized spacial score (nSPS) is 17.0. The smallest absolute Gasteiger partial charge is 0.317 e. The molecule has 2 aromatic carbocycles. The second-order valence-electron chi connectivity index (χ2n) is 7.05. The van der Waals surface area contributed by atoms with Gasteiger partial charge in [-0.05, 0) is 49.6 Å². The maximum Gasteiger partial charge on any atom is 0.317 e. The minimum atomic E-state index is -0.159. The zero-order chi connectivity index (χ0) is 19.9. The van der Waals surface area contributed by atoms with Crippen molar-refractivity contribution in [2.75, 3.05) is 25.5 Å². The minimum Gasteiger partial charge on any atom is -0.376 e. The topological polar surface area (TPSA) is 70.7 Å². The van der Waals surface area contributed by atoms with E-state index in [-0.39, 0.29) is 24.1 Å². The van der Waals surface area contributed by atoms with E-state index in [1.165, 1.54) is 0 Å². The van der Waals surface area contributed by atoms with E-state index in [2.05, 4.69) is 10.6 Å². The maximum absolute atomic E-state index is 12.5. The molecule has 1 fully saturated rings. The largest absolute Gasteiger partial charge is 0.376 e. The van der Waals surface area contributed by atoms with E-state index in [0.717, 1.165) is 25.0 Å². The molecule has 2 aromatic rings. The number of nitrogens with one attached hydrogen (secondary N) is 2. The van der Waals surface area contributed by atoms with Crippen LogP contribution in [0.2, 0.25) is 0 Å². The summed E-state index contributed by atoms with van der Waals surface area (Å²) in [5.41, 5.74) is 2.25. The average molecular weight is 381 g/mol. The van der Waals surface area contributed by atoms with E-state index in [0.29, 0.717) is 17.8 Å². The van der Waals surface area contributed by atoms with Crippen LogP contribution >= 0.6 is 0 Å². The molecule has 2 atom stereocenters. The maximum atomic E-state index is 12.5. The highest BCUT2D eigenvalue weighted by atomic mass is 16.5. The number of amides is 3. The van der Waals surface area contributed by atoms with E-state index in [1.54, 1.807) is 24.1 Å². The lowest BCUT2D eigenvalue weighted by Gasteiger charge is -2.26. The van der Waals surface area contributed by atoms with E-state index >= 15 is 0 Å². The van der Waals surface area contributed by atoms with Crippen molar-refractivity contribution in [3.63, 3.8) is 0 Å². The summed E-state index contributed by atoms with van der Waals surface area (Å²) in [6, 6.07) is 16.4. The van der Waals surface area contributed by atoms with Gasteiger partial charge in [-0.25, -0.2) is 4.79 Å². The number of benzene rings is 2. The Hall–Kier alpha value is -2.86. The van der Waals surface area contributed by atoms with Crippen LogP contribution in [0.3, 0.4) is 0 Å². The Balaban J connectivity index is 1.60. The first-order valence-electron chi connectivity index (χ1n) is 9.63. The molecule has 1 aliphatic heterocycles. The van der Waals surface area contributed by atoms with Gasteiger partial charge >= 0.3 is 6.03 Å². The van der Waals surface area contributed by atoms with Crippen LogP contribution in [0.25, 0.3) is 0 Å². The predicted molar refractivity (Wildman–Crippen MR) is 109 cm³/mol. The molecule has 0 radical (unpaired) electrons. The summed E-state index contributed by atoms with van der Waals surface area (Å²) >= 11 is 0. The summed E-state index contributed by atoms with van der Waals surface area (Å²) < 4.78 is 5.54. The second kappa shape index (κ2) is 9.37. The van der Waals surface area contributed by atoms with Gasteiger partial charge in [0.1, 0.15) is 0 Å². The van der Waals surface area contributed by atoms with Gasteiger partial charge in [-0.3, -0.25) is 4.79 Å². The van der Waals surface area contributed by atoms with Crippen molar-refractivity contribution < 1.29 is 14.3 Å². The molecule has 0 saturated carbocycles. The van der Waals surface area contributed by atoms with Crippen molar-refractivity contribution in [1.29, 1.82) is 0 Å². The van der Waals surface area contributed by atoms with Crippen molar-refractivity contribution in [1.82, 2.24) is 10.2 Å². The third-order valence-corrected chi connectivity index (χ3v) is 5.07. The molecule has 2 N–H and O–H groups in total. The van der Waals surface area contributed by atoms with Crippen molar-refractivity contribution in [3.8, 4) is 0 Å². The standard InChI is InChI=1S/C22H27N3O3/c1-16(25(2)22(27)23-15-20-12-7-13-28-20)18-10-6-11-19(14-18)24-21(26)17-8-4-3-5-9-17/h3-6,8-11,14,16,20H,7,12-13,15H2,1-2H3,(H,23,27)(H,24,26). The third kappa shape index (κ3) is 5.10. The minimum absolute atomic E-state index is 0.115. The molecule has 0 spiro atoms. The van der Waals surface area contributed by atoms with Gasteiger partial charge in [0, 0.05) is 31.5 Å². The molecule has 0 bridgehead atoms. The molecule has 1 heterocycles. The van der Waals surface area contributed by atoms with Crippen LogP contribution in [-0.4, -0.2) is 43.1 Å². The van der Waals surface area contributed by atoms with Crippen LogP contribution in [0.1, 0.15) is 41.7 Å². The summed E-state index contributed by atoms with van der Waals surface area (Å²) in [6.07, 6.45) is 2.15. The SMILES string of the molecule is CC(c1cccc(NC(=O)c2ccccc2)c1)N(C)C(=O)NCC1CCCO1. The van der Waals surface area contributed by atoms with Crippen LogP contribution in [0.5, 0.6) is 0 Å². The number of rotatable bonds is 6. The van der Waals surface area contributed by atoms with Crippen molar-refractivity contribution in [2.24, 2.45) is 0 Å². The summed E-state index contributed by atoms with van der Waals surface area (Å²) in [7, 11) is 1.77. The molecular formula is C22H27N3O3. The van der Waals surface area contributed by atoms with Crippen LogP contribution in [0, 0.1) is 0 Å². The number of ether oxygens (including phenoxy) is 1. The molecule has 6 heteroatoms. The first kappa shape index (κ1) is 19.9. The zero-order valence-electron chi connectivity index (χ0n) is 16.4. The summed E-state index contributed by atoms with van der Waals surface area (Å²) in [4.78, 5) is 26.5. The van der Waals surface area contributed by atoms with Crippen LogP contribution in [0.15, 0.2) is 54.6 Å². The Labute approximate surface area is 165 Å². The number of hydrogen-bond donors (Lipinski definition) is 2. The highest BCUT2D eigenvalue weighted by molar-refractivity contribution is 6.04. The molecule has 1 aliphatic rings. The third-order valence-electron chi connectivity index (χ3n) is 5.07. The quantitative estimate of drug-likeness (QED) is 0.799. The van der Waals surface area contributed by atoms with Gasteiger partial charge in [0.2, 0.25) is 0 Å². The number of nitrogens with zero attached hydrogens (tertiary/aromatic N) is 1. The molecule has 2 unspecified atom stereocenters. The van der Waals surface area contributed by atoms with Gasteiger partial charge in [0.05, 0.1) is 12.1 Å². The number of hydrogen-bond acceptors (Lipinski definition) is 3. The van der Waals surface area contributed by atoms with Crippen molar-refractivity contribution in [3.05, 3.63) is 65.7 Å². The lowest BCUT2D eigenvalue weighted by atomic mass is 10.1. The lowest BCUT2D eigenvalue weighted by Crippen LogP contribution is -2.41. The Bertz CT molecular complexity index is 804. The highest BCUT2D eigenvalue weighted by Crippen LogP contribution is 2.22. The zero-order valence-corrected chi connectivity index (χ0v) is 16.4. The van der Waals surface area contributed by atoms with Crippen LogP contribution in [0.4, 0.5) is 10.5 Å². The van der Waals surface area contributed by atoms with E-state index in [4.69, 9.17) is 4.74 Å². The monoisotopic (exact) mass is 381 g/mol. The molecule has 0 aliphatic carbocycles. The Morgan fingerprint density at radius 2 is 1.96 bits per heavy atom. The highest BCUT2D eigenvalue weighted by Gasteiger charge is 2.21. The van der Waals surface area contributed by atoms with Gasteiger partial charge < -0.3 is 20.3 Å². The first-order valence-corrected chi connectivity index (χ1v) is 9.63. The van der Waals surface area contributed by atoms with E-state index in [9.17, 15) is 9.59 Å². The fourth-order valence-electron chi connectivity index (χ4n) is 3.20. The molecule has 0 aromatic heterocycles. The fourth-order valence-corrected chi connectivity index (χ4v) is 3.20. The van der Waals surface area contributed by atoms with Gasteiger partial charge in [0.15, 0.2) is 0 Å². The molecular weight excluding hydrogens is 354 g/mol. The molecule has 3 amide bonds. The molecule has 148 valence electrons. The van der Waals surface area contributed by atoms with Gasteiger partial charge in [-0.1, -0.05) is 30.3 Å². The first-order chi connectivity index (χ1) is 13.5.